The van der Waals surface area contributed by atoms with Crippen molar-refractivity contribution in [1.29, 1.82) is 0 Å². The molecule has 1 rings (SSSR count). The van der Waals surface area contributed by atoms with Gasteiger partial charge in [-0.2, -0.15) is 0 Å². The van der Waals surface area contributed by atoms with Gasteiger partial charge in [0.25, 0.3) is 0 Å². The summed E-state index contributed by atoms with van der Waals surface area (Å²) in [5, 5.41) is 0. The number of allylic oxidation sites excluding steroid dienone is 9. The molecule has 0 radical (unpaired) electrons. The fraction of sp³-hybridized carbons (Fsp3) is 0.231. The van der Waals surface area contributed by atoms with Gasteiger partial charge in [-0.1, -0.05) is 37.0 Å². The Hall–Kier alpha value is -1.30. The first-order valence-electron chi connectivity index (χ1n) is 4.59. The van der Waals surface area contributed by atoms with Gasteiger partial charge in [0.2, 0.25) is 0 Å². The molecule has 0 fully saturated rings. The van der Waals surface area contributed by atoms with Gasteiger partial charge in [-0.25, -0.2) is 0 Å². The molecule has 0 aromatic rings. The lowest BCUT2D eigenvalue weighted by atomic mass is 9.79. The molecule has 0 heteroatoms. The predicted octanol–water partition coefficient (Wildman–Crippen LogP) is 3.95. The molecule has 1 aliphatic rings. The highest BCUT2D eigenvalue weighted by atomic mass is 14.2. The van der Waals surface area contributed by atoms with Crippen LogP contribution >= 0.6 is 0 Å². The third-order valence-corrected chi connectivity index (χ3v) is 2.26. The van der Waals surface area contributed by atoms with Gasteiger partial charge in [0.05, 0.1) is 0 Å². The molecule has 0 saturated heterocycles. The molecular weight excluding hydrogens is 156 g/mol. The molecule has 0 saturated carbocycles. The molecule has 0 heterocycles. The summed E-state index contributed by atoms with van der Waals surface area (Å²) in [6, 6.07) is 0. The zero-order chi connectivity index (χ0) is 9.84. The van der Waals surface area contributed by atoms with E-state index >= 15 is 0 Å². The molecule has 0 aromatic carbocycles. The SMILES string of the molecule is C=C1C(=CC=CC)C(C=CC)=C1C. The first-order chi connectivity index (χ1) is 6.22. The summed E-state index contributed by atoms with van der Waals surface area (Å²) in [4.78, 5) is 0. The van der Waals surface area contributed by atoms with Crippen molar-refractivity contribution >= 4 is 0 Å². The zero-order valence-corrected chi connectivity index (χ0v) is 8.59. The van der Waals surface area contributed by atoms with Crippen LogP contribution < -0.4 is 0 Å². The molecule has 0 spiro atoms. The van der Waals surface area contributed by atoms with Crippen LogP contribution in [0, 0.1) is 0 Å². The summed E-state index contributed by atoms with van der Waals surface area (Å²) in [6.45, 7) is 10.2. The van der Waals surface area contributed by atoms with Crippen molar-refractivity contribution in [1.82, 2.24) is 0 Å². The molecule has 0 N–H and O–H groups in total. The minimum atomic E-state index is 1.17. The second-order valence-electron chi connectivity index (χ2n) is 3.12. The average Bonchev–Trinajstić information content (AvgIpc) is 2.16. The van der Waals surface area contributed by atoms with Gasteiger partial charge >= 0.3 is 0 Å². The Labute approximate surface area is 80.7 Å². The summed E-state index contributed by atoms with van der Waals surface area (Å²) < 4.78 is 0. The summed E-state index contributed by atoms with van der Waals surface area (Å²) in [6.07, 6.45) is 10.4. The molecule has 13 heavy (non-hydrogen) atoms. The second-order valence-corrected chi connectivity index (χ2v) is 3.12. The number of rotatable bonds is 2. The van der Waals surface area contributed by atoms with E-state index in [0.717, 1.165) is 0 Å². The quantitative estimate of drug-likeness (QED) is 0.591. The molecule has 0 aliphatic heterocycles. The van der Waals surface area contributed by atoms with Crippen LogP contribution in [0.4, 0.5) is 0 Å². The zero-order valence-electron chi connectivity index (χ0n) is 8.59. The van der Waals surface area contributed by atoms with Crippen LogP contribution in [-0.4, -0.2) is 0 Å². The van der Waals surface area contributed by atoms with E-state index in [1.54, 1.807) is 0 Å². The van der Waals surface area contributed by atoms with Crippen molar-refractivity contribution in [3.8, 4) is 0 Å². The first-order valence-corrected chi connectivity index (χ1v) is 4.59. The lowest BCUT2D eigenvalue weighted by Gasteiger charge is -2.25. The van der Waals surface area contributed by atoms with E-state index in [0.29, 0.717) is 0 Å². The van der Waals surface area contributed by atoms with Gasteiger partial charge in [-0.3, -0.25) is 0 Å². The third-order valence-electron chi connectivity index (χ3n) is 2.26. The van der Waals surface area contributed by atoms with Crippen LogP contribution in [0.5, 0.6) is 0 Å². The summed E-state index contributed by atoms with van der Waals surface area (Å²) in [5.74, 6) is 0. The van der Waals surface area contributed by atoms with Crippen LogP contribution in [0.1, 0.15) is 20.8 Å². The highest BCUT2D eigenvalue weighted by Gasteiger charge is 2.20. The van der Waals surface area contributed by atoms with E-state index in [1.165, 1.54) is 22.3 Å². The van der Waals surface area contributed by atoms with Crippen molar-refractivity contribution < 1.29 is 0 Å². The summed E-state index contributed by atoms with van der Waals surface area (Å²) >= 11 is 0. The predicted molar refractivity (Wildman–Crippen MR) is 59.6 cm³/mol. The topological polar surface area (TPSA) is 0 Å². The van der Waals surface area contributed by atoms with Gasteiger partial charge in [0.1, 0.15) is 0 Å². The smallest absolute Gasteiger partial charge is 0.0112 e. The minimum absolute atomic E-state index is 1.17. The van der Waals surface area contributed by atoms with E-state index in [4.69, 9.17) is 0 Å². The maximum absolute atomic E-state index is 4.01. The number of hydrogen-bond acceptors (Lipinski definition) is 0. The van der Waals surface area contributed by atoms with Crippen LogP contribution in [-0.2, 0) is 0 Å². The van der Waals surface area contributed by atoms with E-state index in [1.807, 2.05) is 19.9 Å². The molecule has 1 aliphatic carbocycles. The summed E-state index contributed by atoms with van der Waals surface area (Å²) in [5.41, 5.74) is 5.08. The van der Waals surface area contributed by atoms with Crippen molar-refractivity contribution in [3.63, 3.8) is 0 Å². The van der Waals surface area contributed by atoms with Crippen LogP contribution in [0.3, 0.4) is 0 Å². The molecule has 0 unspecified atom stereocenters. The van der Waals surface area contributed by atoms with E-state index in [-0.39, 0.29) is 0 Å². The van der Waals surface area contributed by atoms with E-state index in [9.17, 15) is 0 Å². The van der Waals surface area contributed by atoms with Crippen molar-refractivity contribution in [2.45, 2.75) is 20.8 Å². The molecule has 68 valence electrons. The minimum Gasteiger partial charge on any atom is -0.0908 e. The Morgan fingerprint density at radius 2 is 1.85 bits per heavy atom. The van der Waals surface area contributed by atoms with Gasteiger partial charge in [-0.15, -0.1) is 0 Å². The molecule has 0 nitrogen and oxygen atoms in total. The van der Waals surface area contributed by atoms with Gasteiger partial charge in [0.15, 0.2) is 0 Å². The Morgan fingerprint density at radius 3 is 2.38 bits per heavy atom. The van der Waals surface area contributed by atoms with E-state index < -0.39 is 0 Å². The first kappa shape index (κ1) is 9.79. The third kappa shape index (κ3) is 1.72. The monoisotopic (exact) mass is 172 g/mol. The molecular formula is C13H16. The fourth-order valence-electron chi connectivity index (χ4n) is 1.43. The average molecular weight is 172 g/mol. The standard InChI is InChI=1S/C13H16/c1-5-7-9-13-11(4)10(3)12(13)8-6-2/h5-9H,4H2,1-3H3. The molecule has 0 bridgehead atoms. The Balaban J connectivity index is 3.00. The van der Waals surface area contributed by atoms with Crippen molar-refractivity contribution in [2.24, 2.45) is 0 Å². The normalized spacial score (nSPS) is 20.8. The molecule has 0 aromatic heterocycles. The Kier molecular flexibility index (Phi) is 3.07. The highest BCUT2D eigenvalue weighted by Crippen LogP contribution is 2.38. The van der Waals surface area contributed by atoms with Crippen molar-refractivity contribution in [2.75, 3.05) is 0 Å². The van der Waals surface area contributed by atoms with Crippen LogP contribution in [0.15, 0.2) is 59.3 Å². The maximum Gasteiger partial charge on any atom is -0.0112 e. The van der Waals surface area contributed by atoms with E-state index in [2.05, 4.69) is 37.8 Å². The van der Waals surface area contributed by atoms with Gasteiger partial charge in [-0.05, 0) is 43.1 Å². The van der Waals surface area contributed by atoms with Crippen molar-refractivity contribution in [3.05, 3.63) is 59.3 Å². The highest BCUT2D eigenvalue weighted by molar-refractivity contribution is 5.72. The van der Waals surface area contributed by atoms with Crippen LogP contribution in [0.25, 0.3) is 0 Å². The molecule has 0 amide bonds. The largest absolute Gasteiger partial charge is 0.0908 e. The van der Waals surface area contributed by atoms with Gasteiger partial charge < -0.3 is 0 Å². The lowest BCUT2D eigenvalue weighted by molar-refractivity contribution is 1.21. The van der Waals surface area contributed by atoms with Gasteiger partial charge in [0, 0.05) is 0 Å². The Morgan fingerprint density at radius 1 is 1.15 bits per heavy atom. The number of hydrogen-bond donors (Lipinski definition) is 0. The fourth-order valence-corrected chi connectivity index (χ4v) is 1.43. The summed E-state index contributed by atoms with van der Waals surface area (Å²) in [7, 11) is 0. The van der Waals surface area contributed by atoms with Crippen LogP contribution in [0.2, 0.25) is 0 Å². The lowest BCUT2D eigenvalue weighted by Crippen LogP contribution is -2.07. The molecule has 0 atom stereocenters. The Bertz CT molecular complexity index is 333. The second kappa shape index (κ2) is 4.08. The maximum atomic E-state index is 4.01.